The summed E-state index contributed by atoms with van der Waals surface area (Å²) >= 11 is 0. The molecule has 1 atom stereocenters. The largest absolute Gasteiger partial charge is 0.356 e. The highest BCUT2D eigenvalue weighted by atomic mass is 19.1. The van der Waals surface area contributed by atoms with Gasteiger partial charge in [-0.2, -0.15) is 0 Å². The average molecular weight is 434 g/mol. The van der Waals surface area contributed by atoms with Crippen LogP contribution in [0.2, 0.25) is 0 Å². The van der Waals surface area contributed by atoms with E-state index >= 15 is 0 Å². The fourth-order valence-corrected chi connectivity index (χ4v) is 3.69. The second-order valence-electron chi connectivity index (χ2n) is 8.09. The van der Waals surface area contributed by atoms with Crippen LogP contribution in [0, 0.1) is 18.6 Å². The van der Waals surface area contributed by atoms with Crippen LogP contribution in [-0.4, -0.2) is 51.3 Å². The number of guanidine groups is 1. The van der Waals surface area contributed by atoms with Crippen LogP contribution in [0.5, 0.6) is 0 Å². The van der Waals surface area contributed by atoms with Crippen LogP contribution in [0.4, 0.5) is 8.78 Å². The molecular weight excluding hydrogens is 400 g/mol. The fourth-order valence-electron chi connectivity index (χ4n) is 3.69. The Hall–Kier alpha value is -2.55. The van der Waals surface area contributed by atoms with Crippen molar-refractivity contribution in [3.05, 3.63) is 47.0 Å². The van der Waals surface area contributed by atoms with Gasteiger partial charge in [0.15, 0.2) is 11.8 Å². The maximum atomic E-state index is 14.1. The van der Waals surface area contributed by atoms with Crippen LogP contribution in [0.3, 0.4) is 0 Å². The van der Waals surface area contributed by atoms with Gasteiger partial charge in [0.1, 0.15) is 24.0 Å². The molecule has 170 valence electrons. The van der Waals surface area contributed by atoms with Crippen molar-refractivity contribution in [1.29, 1.82) is 0 Å². The van der Waals surface area contributed by atoms with E-state index in [2.05, 4.69) is 32.7 Å². The highest BCUT2D eigenvalue weighted by Gasteiger charge is 2.23. The van der Waals surface area contributed by atoms with Crippen molar-refractivity contribution in [3.63, 3.8) is 0 Å². The molecule has 1 aromatic heterocycles. The lowest BCUT2D eigenvalue weighted by Crippen LogP contribution is -2.51. The molecule has 1 aliphatic heterocycles. The normalized spacial score (nSPS) is 17.7. The minimum absolute atomic E-state index is 0.135. The molecule has 2 heterocycles. The lowest BCUT2D eigenvalue weighted by molar-refractivity contribution is 0.188. The third-order valence-electron chi connectivity index (χ3n) is 5.67. The zero-order valence-corrected chi connectivity index (χ0v) is 18.7. The van der Waals surface area contributed by atoms with Crippen LogP contribution in [0.25, 0.3) is 0 Å². The number of halogens is 2. The van der Waals surface area contributed by atoms with Crippen LogP contribution >= 0.6 is 0 Å². The molecule has 0 radical (unpaired) electrons. The number of aromatic nitrogens is 3. The Balaban J connectivity index is 1.63. The molecule has 2 N–H and O–H groups in total. The van der Waals surface area contributed by atoms with E-state index in [0.29, 0.717) is 13.1 Å². The summed E-state index contributed by atoms with van der Waals surface area (Å²) in [6, 6.07) is 4.18. The number of benzene rings is 1. The topological polar surface area (TPSA) is 70.4 Å². The van der Waals surface area contributed by atoms with Gasteiger partial charge in [0.25, 0.3) is 0 Å². The highest BCUT2D eigenvalue weighted by Crippen LogP contribution is 2.18. The first-order valence-corrected chi connectivity index (χ1v) is 11.0. The van der Waals surface area contributed by atoms with E-state index in [1.165, 1.54) is 18.2 Å². The maximum Gasteiger partial charge on any atom is 0.191 e. The molecule has 1 aromatic carbocycles. The fraction of sp³-hybridized carbons (Fsp3) is 0.591. The summed E-state index contributed by atoms with van der Waals surface area (Å²) in [7, 11) is 1.93. The predicted molar refractivity (Wildman–Crippen MR) is 118 cm³/mol. The highest BCUT2D eigenvalue weighted by molar-refractivity contribution is 5.80. The molecule has 0 saturated carbocycles. The van der Waals surface area contributed by atoms with Crippen LogP contribution in [0.15, 0.2) is 23.2 Å². The first-order valence-electron chi connectivity index (χ1n) is 11.0. The van der Waals surface area contributed by atoms with Crippen LogP contribution in [-0.2, 0) is 20.1 Å². The van der Waals surface area contributed by atoms with E-state index < -0.39 is 11.6 Å². The van der Waals surface area contributed by atoms with E-state index in [0.717, 1.165) is 56.4 Å². The van der Waals surface area contributed by atoms with Crippen molar-refractivity contribution < 1.29 is 8.78 Å². The second kappa shape index (κ2) is 11.2. The first kappa shape index (κ1) is 23.1. The van der Waals surface area contributed by atoms with Crippen molar-refractivity contribution in [2.75, 3.05) is 19.6 Å². The van der Waals surface area contributed by atoms with Gasteiger partial charge in [-0.1, -0.05) is 19.4 Å². The molecule has 9 heteroatoms. The Labute approximate surface area is 183 Å². The van der Waals surface area contributed by atoms with E-state index in [1.54, 1.807) is 0 Å². The number of likely N-dealkylation sites (tertiary alicyclic amines) is 1. The monoisotopic (exact) mass is 433 g/mol. The Morgan fingerprint density at radius 2 is 2.03 bits per heavy atom. The van der Waals surface area contributed by atoms with Gasteiger partial charge in [-0.3, -0.25) is 4.90 Å². The smallest absolute Gasteiger partial charge is 0.191 e. The third-order valence-corrected chi connectivity index (χ3v) is 5.67. The summed E-state index contributed by atoms with van der Waals surface area (Å²) in [6.07, 6.45) is 4.08. The van der Waals surface area contributed by atoms with Gasteiger partial charge in [0.05, 0.1) is 0 Å². The van der Waals surface area contributed by atoms with Gasteiger partial charge in [0, 0.05) is 38.3 Å². The Morgan fingerprint density at radius 1 is 1.26 bits per heavy atom. The van der Waals surface area contributed by atoms with Crippen molar-refractivity contribution in [2.24, 2.45) is 12.0 Å². The Kier molecular flexibility index (Phi) is 8.34. The minimum atomic E-state index is -0.488. The van der Waals surface area contributed by atoms with Crippen molar-refractivity contribution >= 4 is 5.96 Å². The summed E-state index contributed by atoms with van der Waals surface area (Å²) in [5.41, 5.74) is 0.135. The number of nitrogens with zero attached hydrogens (tertiary/aromatic N) is 5. The summed E-state index contributed by atoms with van der Waals surface area (Å²) in [4.78, 5) is 6.80. The summed E-state index contributed by atoms with van der Waals surface area (Å²) < 4.78 is 30.0. The number of piperidine rings is 1. The van der Waals surface area contributed by atoms with Crippen molar-refractivity contribution in [3.8, 4) is 0 Å². The maximum absolute atomic E-state index is 14.1. The van der Waals surface area contributed by atoms with Crippen LogP contribution in [0.1, 0.15) is 49.8 Å². The standard InChI is InChI=1S/C22H33F2N7/c1-4-5-11-25-22(26-13-21-29-28-16(2)30(21)3)27-17-8-7-12-31(14-17)15-18-19(23)9-6-10-20(18)24/h6,9-10,17H,4-5,7-8,11-15H2,1-3H3,(H2,25,26,27). The Morgan fingerprint density at radius 3 is 2.71 bits per heavy atom. The average Bonchev–Trinajstić information content (AvgIpc) is 3.07. The molecule has 3 rings (SSSR count). The quantitative estimate of drug-likeness (QED) is 0.381. The zero-order chi connectivity index (χ0) is 22.2. The number of nitrogens with one attached hydrogen (secondary N) is 2. The van der Waals surface area contributed by atoms with Gasteiger partial charge in [-0.25, -0.2) is 13.8 Å². The van der Waals surface area contributed by atoms with E-state index in [1.807, 2.05) is 18.5 Å². The lowest BCUT2D eigenvalue weighted by atomic mass is 10.0. The number of aliphatic imine (C=N–C) groups is 1. The van der Waals surface area contributed by atoms with E-state index in [-0.39, 0.29) is 18.2 Å². The molecule has 0 spiro atoms. The van der Waals surface area contributed by atoms with Crippen molar-refractivity contribution in [2.45, 2.75) is 58.7 Å². The molecule has 0 amide bonds. The predicted octanol–water partition coefficient (Wildman–Crippen LogP) is 2.90. The molecule has 31 heavy (non-hydrogen) atoms. The third kappa shape index (κ3) is 6.46. The molecule has 7 nitrogen and oxygen atoms in total. The second-order valence-corrected chi connectivity index (χ2v) is 8.09. The number of hydrogen-bond acceptors (Lipinski definition) is 4. The molecule has 1 fully saturated rings. The SMILES string of the molecule is CCCCNC(=NCc1nnc(C)n1C)NC1CCCN(Cc2c(F)cccc2F)C1. The molecule has 1 unspecified atom stereocenters. The zero-order valence-electron chi connectivity index (χ0n) is 18.7. The number of unbranched alkanes of at least 4 members (excludes halogenated alkanes) is 1. The van der Waals surface area contributed by atoms with Crippen LogP contribution < -0.4 is 10.6 Å². The molecular formula is C22H33F2N7. The van der Waals surface area contributed by atoms with Gasteiger partial charge in [-0.05, 0) is 44.9 Å². The minimum Gasteiger partial charge on any atom is -0.356 e. The Bertz CT molecular complexity index is 860. The number of hydrogen-bond donors (Lipinski definition) is 2. The van der Waals surface area contributed by atoms with Gasteiger partial charge in [0.2, 0.25) is 0 Å². The van der Waals surface area contributed by atoms with E-state index in [9.17, 15) is 8.78 Å². The first-order chi connectivity index (χ1) is 15.0. The van der Waals surface area contributed by atoms with E-state index in [4.69, 9.17) is 4.99 Å². The molecule has 1 aliphatic rings. The molecule has 0 aliphatic carbocycles. The molecule has 1 saturated heterocycles. The molecule has 2 aromatic rings. The summed E-state index contributed by atoms with van der Waals surface area (Å²) in [5, 5.41) is 15.2. The van der Waals surface area contributed by atoms with Gasteiger partial charge in [-0.15, -0.1) is 10.2 Å². The summed E-state index contributed by atoms with van der Waals surface area (Å²) in [5.74, 6) is 1.41. The summed E-state index contributed by atoms with van der Waals surface area (Å²) in [6.45, 7) is 7.10. The lowest BCUT2D eigenvalue weighted by Gasteiger charge is -2.34. The van der Waals surface area contributed by atoms with Crippen molar-refractivity contribution in [1.82, 2.24) is 30.3 Å². The van der Waals surface area contributed by atoms with Gasteiger partial charge >= 0.3 is 0 Å². The molecule has 0 bridgehead atoms. The number of rotatable bonds is 8. The van der Waals surface area contributed by atoms with Gasteiger partial charge < -0.3 is 15.2 Å². The number of aryl methyl sites for hydroxylation is 1.